The number of aromatic nitrogens is 2. The van der Waals surface area contributed by atoms with E-state index in [-0.39, 0.29) is 17.1 Å². The summed E-state index contributed by atoms with van der Waals surface area (Å²) in [6.07, 6.45) is 0. The summed E-state index contributed by atoms with van der Waals surface area (Å²) in [5, 5.41) is 2.48. The van der Waals surface area contributed by atoms with Gasteiger partial charge in [-0.3, -0.25) is 14.2 Å². The average molecular weight is 373 g/mol. The van der Waals surface area contributed by atoms with Crippen LogP contribution in [0.15, 0.2) is 33.5 Å². The molecule has 0 unspecified atom stereocenters. The van der Waals surface area contributed by atoms with Crippen LogP contribution in [0.4, 0.5) is 0 Å². The fourth-order valence-electron chi connectivity index (χ4n) is 2.78. The summed E-state index contributed by atoms with van der Waals surface area (Å²) >= 11 is 2.74. The molecular formula is C19H20N2O2S2. The number of aryl methyl sites for hydroxylation is 3. The first-order valence-corrected chi connectivity index (χ1v) is 10.0. The van der Waals surface area contributed by atoms with E-state index in [0.717, 1.165) is 16.7 Å². The Balaban J connectivity index is 1.89. The third-order valence-electron chi connectivity index (χ3n) is 4.32. The molecular weight excluding hydrogens is 352 g/mol. The summed E-state index contributed by atoms with van der Waals surface area (Å²) in [6.45, 7) is 8.48. The van der Waals surface area contributed by atoms with E-state index in [9.17, 15) is 9.59 Å². The molecule has 0 saturated heterocycles. The van der Waals surface area contributed by atoms with Crippen LogP contribution in [0, 0.1) is 20.8 Å². The van der Waals surface area contributed by atoms with Crippen molar-refractivity contribution in [3.05, 3.63) is 56.2 Å². The van der Waals surface area contributed by atoms with Gasteiger partial charge in [0.1, 0.15) is 4.70 Å². The highest BCUT2D eigenvalue weighted by Crippen LogP contribution is 2.23. The van der Waals surface area contributed by atoms with Crippen LogP contribution in [0.1, 0.15) is 34.0 Å². The third-order valence-corrected chi connectivity index (χ3v) is 6.19. The predicted octanol–water partition coefficient (Wildman–Crippen LogP) is 4.38. The van der Waals surface area contributed by atoms with Gasteiger partial charge in [0, 0.05) is 12.1 Å². The molecule has 2 heterocycles. The molecule has 3 aromatic rings. The maximum Gasteiger partial charge on any atom is 0.272 e. The van der Waals surface area contributed by atoms with Crippen LogP contribution in [0.3, 0.4) is 0 Å². The molecule has 0 aliphatic heterocycles. The predicted molar refractivity (Wildman–Crippen MR) is 105 cm³/mol. The minimum absolute atomic E-state index is 0.0280. The third kappa shape index (κ3) is 3.41. The van der Waals surface area contributed by atoms with E-state index in [1.807, 2.05) is 51.3 Å². The number of thiophene rings is 1. The molecule has 2 aromatic heterocycles. The zero-order chi connectivity index (χ0) is 18.1. The van der Waals surface area contributed by atoms with Crippen LogP contribution >= 0.6 is 23.1 Å². The van der Waals surface area contributed by atoms with Crippen LogP contribution in [0.5, 0.6) is 0 Å². The number of Topliss-reactive ketones (excluding diaryl/α,β-unsaturated/α-hetero) is 1. The number of rotatable bonds is 5. The van der Waals surface area contributed by atoms with Crippen LogP contribution < -0.4 is 5.56 Å². The van der Waals surface area contributed by atoms with Crippen LogP contribution in [0.2, 0.25) is 0 Å². The molecule has 6 heteroatoms. The normalized spacial score (nSPS) is 11.2. The molecule has 0 spiro atoms. The molecule has 0 atom stereocenters. The first-order valence-electron chi connectivity index (χ1n) is 8.14. The van der Waals surface area contributed by atoms with Crippen molar-refractivity contribution in [1.29, 1.82) is 0 Å². The Kier molecular flexibility index (Phi) is 5.11. The Labute approximate surface area is 154 Å². The average Bonchev–Trinajstić information content (AvgIpc) is 3.05. The number of carbonyl (C=O) groups is 1. The molecule has 0 radical (unpaired) electrons. The minimum atomic E-state index is -0.0280. The first-order chi connectivity index (χ1) is 11.9. The van der Waals surface area contributed by atoms with E-state index in [4.69, 9.17) is 0 Å². The number of ketones is 1. The summed E-state index contributed by atoms with van der Waals surface area (Å²) in [4.78, 5) is 29.8. The van der Waals surface area contributed by atoms with Crippen LogP contribution in [-0.2, 0) is 6.54 Å². The zero-order valence-corrected chi connectivity index (χ0v) is 16.4. The van der Waals surface area contributed by atoms with Crippen molar-refractivity contribution < 1.29 is 4.79 Å². The molecule has 1 aromatic carbocycles. The van der Waals surface area contributed by atoms with Crippen molar-refractivity contribution in [2.45, 2.75) is 39.4 Å². The molecule has 0 N–H and O–H groups in total. The van der Waals surface area contributed by atoms with Gasteiger partial charge in [0.2, 0.25) is 0 Å². The SMILES string of the molecule is CCn1c(SCC(=O)c2cc(C)c(C)cc2C)nc2ccsc2c1=O. The maximum atomic E-state index is 12.7. The fraction of sp³-hybridized carbons (Fsp3) is 0.316. The number of hydrogen-bond acceptors (Lipinski definition) is 5. The van der Waals surface area contributed by atoms with Gasteiger partial charge < -0.3 is 0 Å². The molecule has 130 valence electrons. The van der Waals surface area contributed by atoms with Gasteiger partial charge in [-0.25, -0.2) is 4.98 Å². The largest absolute Gasteiger partial charge is 0.293 e. The van der Waals surface area contributed by atoms with E-state index in [1.54, 1.807) is 4.57 Å². The van der Waals surface area contributed by atoms with Gasteiger partial charge in [0.15, 0.2) is 10.9 Å². The van der Waals surface area contributed by atoms with E-state index in [2.05, 4.69) is 4.98 Å². The molecule has 0 bridgehead atoms. The molecule has 3 rings (SSSR count). The fourth-order valence-corrected chi connectivity index (χ4v) is 4.51. The highest BCUT2D eigenvalue weighted by atomic mass is 32.2. The lowest BCUT2D eigenvalue weighted by molar-refractivity contribution is 0.102. The lowest BCUT2D eigenvalue weighted by atomic mass is 9.99. The Bertz CT molecular complexity index is 1020. The van der Waals surface area contributed by atoms with E-state index in [1.165, 1.54) is 28.7 Å². The summed E-state index contributed by atoms with van der Waals surface area (Å²) in [6, 6.07) is 5.85. The standard InChI is InChI=1S/C19H20N2O2S2/c1-5-21-18(23)17-15(6-7-24-17)20-19(21)25-10-16(22)14-9-12(3)11(2)8-13(14)4/h6-9H,5,10H2,1-4H3. The lowest BCUT2D eigenvalue weighted by Gasteiger charge is -2.11. The van der Waals surface area contributed by atoms with Crippen molar-refractivity contribution in [3.63, 3.8) is 0 Å². The van der Waals surface area contributed by atoms with Crippen molar-refractivity contribution in [2.24, 2.45) is 0 Å². The van der Waals surface area contributed by atoms with Gasteiger partial charge in [0.05, 0.1) is 11.3 Å². The van der Waals surface area contributed by atoms with Crippen LogP contribution in [0.25, 0.3) is 10.2 Å². The first kappa shape index (κ1) is 17.9. The van der Waals surface area contributed by atoms with Gasteiger partial charge >= 0.3 is 0 Å². The Morgan fingerprint density at radius 2 is 1.92 bits per heavy atom. The second kappa shape index (κ2) is 7.14. The number of fused-ring (bicyclic) bond motifs is 1. The van der Waals surface area contributed by atoms with Crippen molar-refractivity contribution in [3.8, 4) is 0 Å². The monoisotopic (exact) mass is 372 g/mol. The van der Waals surface area contributed by atoms with E-state index < -0.39 is 0 Å². The number of hydrogen-bond donors (Lipinski definition) is 0. The van der Waals surface area contributed by atoms with Gasteiger partial charge in [-0.1, -0.05) is 17.8 Å². The summed E-state index contributed by atoms with van der Waals surface area (Å²) in [5.74, 6) is 0.332. The quantitative estimate of drug-likeness (QED) is 0.379. The number of thioether (sulfide) groups is 1. The summed E-state index contributed by atoms with van der Waals surface area (Å²) < 4.78 is 2.31. The molecule has 0 aliphatic carbocycles. The van der Waals surface area contributed by atoms with E-state index in [0.29, 0.717) is 21.9 Å². The highest BCUT2D eigenvalue weighted by Gasteiger charge is 2.15. The molecule has 0 amide bonds. The molecule has 0 fully saturated rings. The zero-order valence-electron chi connectivity index (χ0n) is 14.8. The van der Waals surface area contributed by atoms with E-state index >= 15 is 0 Å². The number of carbonyl (C=O) groups excluding carboxylic acids is 1. The Morgan fingerprint density at radius 1 is 1.20 bits per heavy atom. The van der Waals surface area contributed by atoms with Crippen LogP contribution in [-0.4, -0.2) is 21.1 Å². The molecule has 0 aliphatic rings. The van der Waals surface area contributed by atoms with Crippen molar-refractivity contribution in [2.75, 3.05) is 5.75 Å². The topological polar surface area (TPSA) is 52.0 Å². The number of nitrogens with zero attached hydrogens (tertiary/aromatic N) is 2. The molecule has 4 nitrogen and oxygen atoms in total. The van der Waals surface area contributed by atoms with Gasteiger partial charge in [0.25, 0.3) is 5.56 Å². The molecule has 0 saturated carbocycles. The summed E-state index contributed by atoms with van der Waals surface area (Å²) in [7, 11) is 0. The van der Waals surface area contributed by atoms with Crippen molar-refractivity contribution in [1.82, 2.24) is 9.55 Å². The summed E-state index contributed by atoms with van der Waals surface area (Å²) in [5.41, 5.74) is 4.71. The second-order valence-electron chi connectivity index (χ2n) is 6.04. The van der Waals surface area contributed by atoms with Gasteiger partial charge in [-0.2, -0.15) is 0 Å². The maximum absolute atomic E-state index is 12.7. The van der Waals surface area contributed by atoms with Gasteiger partial charge in [-0.05, 0) is 61.9 Å². The number of benzene rings is 1. The second-order valence-corrected chi connectivity index (χ2v) is 7.90. The Morgan fingerprint density at radius 3 is 2.64 bits per heavy atom. The Hall–Kier alpha value is -1.92. The lowest BCUT2D eigenvalue weighted by Crippen LogP contribution is -2.22. The highest BCUT2D eigenvalue weighted by molar-refractivity contribution is 7.99. The molecule has 25 heavy (non-hydrogen) atoms. The smallest absolute Gasteiger partial charge is 0.272 e. The van der Waals surface area contributed by atoms with Crippen molar-refractivity contribution >= 4 is 39.1 Å². The van der Waals surface area contributed by atoms with Gasteiger partial charge in [-0.15, -0.1) is 11.3 Å². The minimum Gasteiger partial charge on any atom is -0.293 e.